The summed E-state index contributed by atoms with van der Waals surface area (Å²) in [5.74, 6) is 0. The fourth-order valence-corrected chi connectivity index (χ4v) is 3.09. The maximum atomic E-state index is 4.63. The second-order valence-corrected chi connectivity index (χ2v) is 5.59. The van der Waals surface area contributed by atoms with Crippen LogP contribution in [-0.4, -0.2) is 14.8 Å². The fraction of sp³-hybridized carbons (Fsp3) is 0.158. The molecule has 3 nitrogen and oxygen atoms in total. The second-order valence-electron chi connectivity index (χ2n) is 5.59. The maximum absolute atomic E-state index is 4.63. The molecule has 0 fully saturated rings. The van der Waals surface area contributed by atoms with Crippen LogP contribution in [0.5, 0.6) is 0 Å². The molecule has 0 amide bonds. The van der Waals surface area contributed by atoms with Crippen LogP contribution in [0.2, 0.25) is 0 Å². The van der Waals surface area contributed by atoms with Gasteiger partial charge in [-0.15, -0.1) is 0 Å². The minimum atomic E-state index is 0.976. The quantitative estimate of drug-likeness (QED) is 0.572. The Hall–Kier alpha value is -2.68. The molecule has 2 aromatic heterocycles. The van der Waals surface area contributed by atoms with E-state index < -0.39 is 0 Å². The Kier molecular flexibility index (Phi) is 3.11. The molecule has 0 aliphatic rings. The zero-order valence-corrected chi connectivity index (χ0v) is 12.5. The van der Waals surface area contributed by atoms with Crippen molar-refractivity contribution in [1.29, 1.82) is 0 Å². The van der Waals surface area contributed by atoms with Gasteiger partial charge < -0.3 is 0 Å². The van der Waals surface area contributed by atoms with Gasteiger partial charge in [0.05, 0.1) is 11.7 Å². The third-order valence-corrected chi connectivity index (χ3v) is 4.19. The number of para-hydroxylation sites is 1. The number of hydrogen-bond acceptors (Lipinski definition) is 2. The number of aromatic nitrogens is 3. The van der Waals surface area contributed by atoms with Crippen LogP contribution in [0, 0.1) is 0 Å². The van der Waals surface area contributed by atoms with Gasteiger partial charge in [0.15, 0.2) is 0 Å². The van der Waals surface area contributed by atoms with E-state index in [2.05, 4.69) is 58.6 Å². The summed E-state index contributed by atoms with van der Waals surface area (Å²) in [6, 6.07) is 18.9. The van der Waals surface area contributed by atoms with Crippen molar-refractivity contribution in [2.45, 2.75) is 12.8 Å². The van der Waals surface area contributed by atoms with Gasteiger partial charge >= 0.3 is 0 Å². The van der Waals surface area contributed by atoms with Crippen molar-refractivity contribution in [1.82, 2.24) is 14.8 Å². The van der Waals surface area contributed by atoms with Crippen molar-refractivity contribution < 1.29 is 0 Å². The van der Waals surface area contributed by atoms with Gasteiger partial charge in [0.2, 0.25) is 0 Å². The second kappa shape index (κ2) is 5.26. The zero-order valence-electron chi connectivity index (χ0n) is 12.5. The average Bonchev–Trinajstić information content (AvgIpc) is 2.90. The van der Waals surface area contributed by atoms with Crippen molar-refractivity contribution in [2.75, 3.05) is 0 Å². The lowest BCUT2D eigenvalue weighted by molar-refractivity contribution is 0.712. The van der Waals surface area contributed by atoms with Crippen LogP contribution in [-0.2, 0) is 19.9 Å². The molecule has 2 aromatic carbocycles. The van der Waals surface area contributed by atoms with Crippen LogP contribution in [0.15, 0.2) is 60.8 Å². The van der Waals surface area contributed by atoms with Crippen molar-refractivity contribution in [3.8, 4) is 0 Å². The molecule has 0 spiro atoms. The Morgan fingerprint density at radius 3 is 2.50 bits per heavy atom. The molecule has 4 aromatic rings. The first-order chi connectivity index (χ1) is 10.8. The van der Waals surface area contributed by atoms with Gasteiger partial charge in [-0.1, -0.05) is 48.5 Å². The normalized spacial score (nSPS) is 11.3. The maximum Gasteiger partial charge on any atom is 0.112 e. The van der Waals surface area contributed by atoms with E-state index in [4.69, 9.17) is 0 Å². The number of benzene rings is 2. The summed E-state index contributed by atoms with van der Waals surface area (Å²) in [4.78, 5) is 4.51. The average molecular weight is 287 g/mol. The van der Waals surface area contributed by atoms with E-state index in [1.807, 2.05) is 24.0 Å². The van der Waals surface area contributed by atoms with Gasteiger partial charge in [-0.25, -0.2) is 0 Å². The van der Waals surface area contributed by atoms with Crippen molar-refractivity contribution in [3.05, 3.63) is 72.1 Å². The van der Waals surface area contributed by atoms with E-state index in [0.717, 1.165) is 23.9 Å². The Morgan fingerprint density at radius 2 is 1.64 bits per heavy atom. The van der Waals surface area contributed by atoms with Crippen molar-refractivity contribution >= 4 is 21.8 Å². The summed E-state index contributed by atoms with van der Waals surface area (Å²) in [6.07, 6.45) is 3.88. The topological polar surface area (TPSA) is 30.7 Å². The molecule has 0 unspecified atom stereocenters. The largest absolute Gasteiger partial charge is 0.271 e. The summed E-state index contributed by atoms with van der Waals surface area (Å²) < 4.78 is 2.00. The Morgan fingerprint density at radius 1 is 0.864 bits per heavy atom. The molecule has 108 valence electrons. The highest BCUT2D eigenvalue weighted by Crippen LogP contribution is 2.27. The molecule has 0 bridgehead atoms. The van der Waals surface area contributed by atoms with E-state index in [0.29, 0.717) is 0 Å². The molecule has 0 N–H and O–H groups in total. The van der Waals surface area contributed by atoms with Crippen LogP contribution in [0.3, 0.4) is 0 Å². The number of pyridine rings is 1. The number of hydrogen-bond donors (Lipinski definition) is 0. The molecule has 0 atom stereocenters. The van der Waals surface area contributed by atoms with E-state index in [-0.39, 0.29) is 0 Å². The first-order valence-corrected chi connectivity index (χ1v) is 7.56. The van der Waals surface area contributed by atoms with Gasteiger partial charge in [-0.2, -0.15) is 5.10 Å². The summed E-state index contributed by atoms with van der Waals surface area (Å²) in [7, 11) is 2.02. The minimum Gasteiger partial charge on any atom is -0.271 e. The summed E-state index contributed by atoms with van der Waals surface area (Å²) in [5, 5.41) is 7.06. The third kappa shape index (κ3) is 2.15. The lowest BCUT2D eigenvalue weighted by Crippen LogP contribution is -2.00. The molecule has 0 saturated carbocycles. The lowest BCUT2D eigenvalue weighted by Gasteiger charge is -2.05. The Labute approximate surface area is 129 Å². The number of fused-ring (bicyclic) bond motifs is 3. The molecule has 3 heteroatoms. The molecule has 0 aliphatic carbocycles. The zero-order chi connectivity index (χ0) is 14.9. The first-order valence-electron chi connectivity index (χ1n) is 7.56. The summed E-state index contributed by atoms with van der Waals surface area (Å²) >= 11 is 0. The molecular formula is C19H17N3. The molecular weight excluding hydrogens is 270 g/mol. The highest BCUT2D eigenvalue weighted by atomic mass is 15.3. The monoisotopic (exact) mass is 287 g/mol. The van der Waals surface area contributed by atoms with Gasteiger partial charge in [-0.05, 0) is 24.5 Å². The van der Waals surface area contributed by atoms with Gasteiger partial charge in [0.25, 0.3) is 0 Å². The Balaban J connectivity index is 1.82. The van der Waals surface area contributed by atoms with Crippen LogP contribution in [0.4, 0.5) is 0 Å². The smallest absolute Gasteiger partial charge is 0.112 e. The summed E-state index contributed by atoms with van der Waals surface area (Å²) in [6.45, 7) is 0. The van der Waals surface area contributed by atoms with Crippen LogP contribution in [0.1, 0.15) is 11.3 Å². The van der Waals surface area contributed by atoms with Crippen LogP contribution < -0.4 is 0 Å². The van der Waals surface area contributed by atoms with E-state index in [1.54, 1.807) is 0 Å². The van der Waals surface area contributed by atoms with Gasteiger partial charge in [-0.3, -0.25) is 9.67 Å². The van der Waals surface area contributed by atoms with Gasteiger partial charge in [0, 0.05) is 23.5 Å². The van der Waals surface area contributed by atoms with Crippen molar-refractivity contribution in [3.63, 3.8) is 0 Å². The molecule has 22 heavy (non-hydrogen) atoms. The SMILES string of the molecule is Cn1nc2cnc3ccccc3c2c1CCc1ccccc1. The minimum absolute atomic E-state index is 0.976. The van der Waals surface area contributed by atoms with Crippen molar-refractivity contribution in [2.24, 2.45) is 7.05 Å². The number of nitrogens with zero attached hydrogens (tertiary/aromatic N) is 3. The first kappa shape index (κ1) is 13.0. The van der Waals surface area contributed by atoms with Crippen LogP contribution in [0.25, 0.3) is 21.8 Å². The molecule has 0 saturated heterocycles. The molecule has 2 heterocycles. The van der Waals surface area contributed by atoms with E-state index >= 15 is 0 Å². The lowest BCUT2D eigenvalue weighted by atomic mass is 10.0. The van der Waals surface area contributed by atoms with Gasteiger partial charge in [0.1, 0.15) is 5.52 Å². The molecule has 0 radical (unpaired) electrons. The highest BCUT2D eigenvalue weighted by molar-refractivity contribution is 6.05. The Bertz CT molecular complexity index is 939. The third-order valence-electron chi connectivity index (χ3n) is 4.19. The summed E-state index contributed by atoms with van der Waals surface area (Å²) in [5.41, 5.74) is 4.64. The highest BCUT2D eigenvalue weighted by Gasteiger charge is 2.12. The van der Waals surface area contributed by atoms with Crippen LogP contribution >= 0.6 is 0 Å². The molecule has 0 aliphatic heterocycles. The number of rotatable bonds is 3. The fourth-order valence-electron chi connectivity index (χ4n) is 3.09. The standard InChI is InChI=1S/C19H17N3/c1-22-18(12-11-14-7-3-2-4-8-14)19-15-9-5-6-10-16(15)20-13-17(19)21-22/h2-10,13H,11-12H2,1H3. The molecule has 4 rings (SSSR count). The predicted molar refractivity (Wildman–Crippen MR) is 89.9 cm³/mol. The number of aryl methyl sites for hydroxylation is 3. The predicted octanol–water partition coefficient (Wildman–Crippen LogP) is 3.91. The van der Waals surface area contributed by atoms with E-state index in [9.17, 15) is 0 Å². The van der Waals surface area contributed by atoms with E-state index in [1.165, 1.54) is 22.0 Å².